The van der Waals surface area contributed by atoms with E-state index < -0.39 is 0 Å². The van der Waals surface area contributed by atoms with E-state index in [1.165, 1.54) is 11.3 Å². The molecule has 0 amide bonds. The van der Waals surface area contributed by atoms with Gasteiger partial charge >= 0.3 is 0 Å². The van der Waals surface area contributed by atoms with Gasteiger partial charge in [-0.05, 0) is 29.9 Å². The summed E-state index contributed by atoms with van der Waals surface area (Å²) < 4.78 is 2.06. The zero-order valence-electron chi connectivity index (χ0n) is 12.2. The second-order valence-electron chi connectivity index (χ2n) is 6.06. The molecular formula is C16H22N4. The lowest BCUT2D eigenvalue weighted by atomic mass is 9.91. The third kappa shape index (κ3) is 2.84. The van der Waals surface area contributed by atoms with Gasteiger partial charge in [0, 0.05) is 25.2 Å². The number of nitrogens with one attached hydrogen (secondary N) is 1. The quantitative estimate of drug-likeness (QED) is 0.929. The van der Waals surface area contributed by atoms with Gasteiger partial charge in [0.2, 0.25) is 0 Å². The molecule has 1 aliphatic heterocycles. The highest BCUT2D eigenvalue weighted by atomic mass is 15.3. The highest BCUT2D eigenvalue weighted by molar-refractivity contribution is 5.53. The van der Waals surface area contributed by atoms with Crippen LogP contribution < -0.4 is 5.32 Å². The van der Waals surface area contributed by atoms with Crippen LogP contribution in [-0.4, -0.2) is 21.3 Å². The van der Waals surface area contributed by atoms with E-state index in [-0.39, 0.29) is 0 Å². The Kier molecular flexibility index (Phi) is 3.72. The molecule has 1 atom stereocenters. The van der Waals surface area contributed by atoms with Crippen LogP contribution in [0.2, 0.25) is 0 Å². The summed E-state index contributed by atoms with van der Waals surface area (Å²) in [6.07, 6.45) is 3.80. The Hall–Kier alpha value is -1.84. The molecule has 1 aromatic heterocycles. The predicted molar refractivity (Wildman–Crippen MR) is 80.7 cm³/mol. The topological polar surface area (TPSA) is 42.7 Å². The Morgan fingerprint density at radius 1 is 1.35 bits per heavy atom. The lowest BCUT2D eigenvalue weighted by Crippen LogP contribution is -2.26. The molecule has 0 saturated carbocycles. The number of hydrogen-bond donors (Lipinski definition) is 1. The number of para-hydroxylation sites is 1. The number of benzene rings is 1. The average molecular weight is 270 g/mol. The second kappa shape index (κ2) is 5.65. The zero-order valence-corrected chi connectivity index (χ0v) is 12.2. The summed E-state index contributed by atoms with van der Waals surface area (Å²) in [4.78, 5) is 4.44. The molecule has 3 rings (SSSR count). The van der Waals surface area contributed by atoms with Crippen molar-refractivity contribution in [3.8, 4) is 0 Å². The molecule has 1 aliphatic rings. The SMILES string of the molecule is CC(C)Cn1ncnc1CC1CNc2ccccc2C1. The van der Waals surface area contributed by atoms with Crippen LogP contribution in [0.3, 0.4) is 0 Å². The summed E-state index contributed by atoms with van der Waals surface area (Å²) in [5, 5.41) is 7.88. The minimum atomic E-state index is 0.597. The van der Waals surface area contributed by atoms with E-state index in [2.05, 4.69) is 58.2 Å². The number of aromatic nitrogens is 3. The Bertz CT molecular complexity index is 573. The standard InChI is InChI=1S/C16H22N4/c1-12(2)10-20-16(18-11-19-20)8-13-7-14-5-3-4-6-15(14)17-9-13/h3-6,11-13,17H,7-10H2,1-2H3. The largest absolute Gasteiger partial charge is 0.385 e. The van der Waals surface area contributed by atoms with E-state index in [9.17, 15) is 0 Å². The maximum Gasteiger partial charge on any atom is 0.138 e. The van der Waals surface area contributed by atoms with Gasteiger partial charge in [0.15, 0.2) is 0 Å². The van der Waals surface area contributed by atoms with E-state index in [1.807, 2.05) is 0 Å². The van der Waals surface area contributed by atoms with Crippen LogP contribution in [0.4, 0.5) is 5.69 Å². The predicted octanol–water partition coefficient (Wildman–Crippen LogP) is 2.76. The number of hydrogen-bond acceptors (Lipinski definition) is 3. The fraction of sp³-hybridized carbons (Fsp3) is 0.500. The maximum absolute atomic E-state index is 4.44. The van der Waals surface area contributed by atoms with E-state index in [4.69, 9.17) is 0 Å². The number of fused-ring (bicyclic) bond motifs is 1. The second-order valence-corrected chi connectivity index (χ2v) is 6.06. The van der Waals surface area contributed by atoms with Crippen LogP contribution >= 0.6 is 0 Å². The third-order valence-corrected chi connectivity index (χ3v) is 3.81. The molecule has 2 heterocycles. The molecule has 0 fully saturated rings. The molecule has 0 saturated heterocycles. The molecule has 0 aliphatic carbocycles. The van der Waals surface area contributed by atoms with Crippen molar-refractivity contribution >= 4 is 5.69 Å². The normalized spacial score (nSPS) is 17.9. The third-order valence-electron chi connectivity index (χ3n) is 3.81. The Morgan fingerprint density at radius 3 is 3.05 bits per heavy atom. The average Bonchev–Trinajstić information content (AvgIpc) is 2.85. The summed E-state index contributed by atoms with van der Waals surface area (Å²) in [6.45, 7) is 6.39. The fourth-order valence-corrected chi connectivity index (χ4v) is 2.86. The molecule has 2 aromatic rings. The number of rotatable bonds is 4. The number of nitrogens with zero attached hydrogens (tertiary/aromatic N) is 3. The van der Waals surface area contributed by atoms with Crippen LogP contribution in [0, 0.1) is 11.8 Å². The van der Waals surface area contributed by atoms with E-state index in [0.717, 1.165) is 31.8 Å². The first kappa shape index (κ1) is 13.2. The minimum absolute atomic E-state index is 0.597. The molecule has 20 heavy (non-hydrogen) atoms. The van der Waals surface area contributed by atoms with Crippen molar-refractivity contribution in [1.82, 2.24) is 14.8 Å². The molecular weight excluding hydrogens is 248 g/mol. The highest BCUT2D eigenvalue weighted by Crippen LogP contribution is 2.25. The summed E-state index contributed by atoms with van der Waals surface area (Å²) in [5.41, 5.74) is 2.70. The van der Waals surface area contributed by atoms with Crippen molar-refractivity contribution in [2.75, 3.05) is 11.9 Å². The summed E-state index contributed by atoms with van der Waals surface area (Å²) in [6, 6.07) is 8.58. The fourth-order valence-electron chi connectivity index (χ4n) is 2.86. The van der Waals surface area contributed by atoms with Gasteiger partial charge in [0.1, 0.15) is 12.2 Å². The van der Waals surface area contributed by atoms with Crippen molar-refractivity contribution in [2.24, 2.45) is 11.8 Å². The number of anilines is 1. The van der Waals surface area contributed by atoms with Gasteiger partial charge in [-0.15, -0.1) is 0 Å². The van der Waals surface area contributed by atoms with Crippen molar-refractivity contribution in [3.63, 3.8) is 0 Å². The maximum atomic E-state index is 4.44. The van der Waals surface area contributed by atoms with Gasteiger partial charge in [-0.25, -0.2) is 9.67 Å². The molecule has 1 aromatic carbocycles. The first-order chi connectivity index (χ1) is 9.72. The Balaban J connectivity index is 1.69. The highest BCUT2D eigenvalue weighted by Gasteiger charge is 2.20. The van der Waals surface area contributed by atoms with Gasteiger partial charge in [0.25, 0.3) is 0 Å². The van der Waals surface area contributed by atoms with Crippen molar-refractivity contribution in [2.45, 2.75) is 33.2 Å². The molecule has 4 heteroatoms. The Labute approximate surface area is 120 Å². The van der Waals surface area contributed by atoms with Gasteiger partial charge in [-0.1, -0.05) is 32.0 Å². The van der Waals surface area contributed by atoms with Crippen LogP contribution in [0.15, 0.2) is 30.6 Å². The van der Waals surface area contributed by atoms with E-state index >= 15 is 0 Å². The lowest BCUT2D eigenvalue weighted by Gasteiger charge is -2.26. The van der Waals surface area contributed by atoms with E-state index in [0.29, 0.717) is 11.8 Å². The molecule has 1 N–H and O–H groups in total. The van der Waals surface area contributed by atoms with Gasteiger partial charge in [0.05, 0.1) is 0 Å². The monoisotopic (exact) mass is 270 g/mol. The lowest BCUT2D eigenvalue weighted by molar-refractivity contribution is 0.439. The zero-order chi connectivity index (χ0) is 13.9. The van der Waals surface area contributed by atoms with Crippen LogP contribution in [0.5, 0.6) is 0 Å². The van der Waals surface area contributed by atoms with Crippen molar-refractivity contribution in [1.29, 1.82) is 0 Å². The van der Waals surface area contributed by atoms with Crippen LogP contribution in [0.1, 0.15) is 25.2 Å². The molecule has 106 valence electrons. The minimum Gasteiger partial charge on any atom is -0.385 e. The van der Waals surface area contributed by atoms with E-state index in [1.54, 1.807) is 6.33 Å². The van der Waals surface area contributed by atoms with Crippen molar-refractivity contribution < 1.29 is 0 Å². The molecule has 1 unspecified atom stereocenters. The van der Waals surface area contributed by atoms with Gasteiger partial charge < -0.3 is 5.32 Å². The first-order valence-electron chi connectivity index (χ1n) is 7.41. The molecule has 0 radical (unpaired) electrons. The summed E-state index contributed by atoms with van der Waals surface area (Å²) in [7, 11) is 0. The smallest absolute Gasteiger partial charge is 0.138 e. The Morgan fingerprint density at radius 2 is 2.20 bits per heavy atom. The summed E-state index contributed by atoms with van der Waals surface area (Å²) >= 11 is 0. The van der Waals surface area contributed by atoms with Crippen molar-refractivity contribution in [3.05, 3.63) is 42.0 Å². The van der Waals surface area contributed by atoms with Crippen LogP contribution in [0.25, 0.3) is 0 Å². The van der Waals surface area contributed by atoms with Gasteiger partial charge in [-0.2, -0.15) is 5.10 Å². The molecule has 4 nitrogen and oxygen atoms in total. The van der Waals surface area contributed by atoms with Gasteiger partial charge in [-0.3, -0.25) is 0 Å². The molecule has 0 bridgehead atoms. The summed E-state index contributed by atoms with van der Waals surface area (Å²) in [5.74, 6) is 2.31. The van der Waals surface area contributed by atoms with Crippen LogP contribution in [-0.2, 0) is 19.4 Å². The molecule has 0 spiro atoms. The first-order valence-corrected chi connectivity index (χ1v) is 7.41.